The van der Waals surface area contributed by atoms with Gasteiger partial charge in [0.25, 0.3) is 0 Å². The number of sulfonamides is 1. The second-order valence-corrected chi connectivity index (χ2v) is 5.34. The highest BCUT2D eigenvalue weighted by molar-refractivity contribution is 7.89. The van der Waals surface area contributed by atoms with E-state index < -0.39 is 10.0 Å². The molecule has 0 bridgehead atoms. The van der Waals surface area contributed by atoms with Gasteiger partial charge in [0, 0.05) is 6.54 Å². The lowest BCUT2D eigenvalue weighted by Gasteiger charge is -2.07. The van der Waals surface area contributed by atoms with Crippen molar-refractivity contribution in [3.63, 3.8) is 0 Å². The monoisotopic (exact) mass is 264 g/mol. The molecule has 16 heavy (non-hydrogen) atoms. The molecule has 0 saturated heterocycles. The molecule has 0 aliphatic rings. The van der Waals surface area contributed by atoms with Gasteiger partial charge in [-0.3, -0.25) is 0 Å². The summed E-state index contributed by atoms with van der Waals surface area (Å²) >= 11 is 5.68. The van der Waals surface area contributed by atoms with Crippen LogP contribution in [0.25, 0.3) is 0 Å². The first-order chi connectivity index (χ1) is 7.38. The Morgan fingerprint density at radius 2 is 2.12 bits per heavy atom. The number of nitrogens with two attached hydrogens (primary N) is 2. The van der Waals surface area contributed by atoms with E-state index in [1.807, 2.05) is 0 Å². The normalized spacial score (nSPS) is 11.4. The second kappa shape index (κ2) is 5.33. The number of pyridine rings is 1. The van der Waals surface area contributed by atoms with Crippen LogP contribution in [-0.4, -0.2) is 25.7 Å². The molecule has 0 atom stereocenters. The molecule has 1 heterocycles. The molecule has 1 rings (SSSR count). The van der Waals surface area contributed by atoms with Gasteiger partial charge in [0.2, 0.25) is 10.0 Å². The molecule has 0 aliphatic carbocycles. The topological polar surface area (TPSA) is 111 Å². The van der Waals surface area contributed by atoms with E-state index in [1.54, 1.807) is 12.1 Å². The maximum absolute atomic E-state index is 10.7. The molecule has 6 nitrogen and oxygen atoms in total. The zero-order valence-corrected chi connectivity index (χ0v) is 10.1. The van der Waals surface area contributed by atoms with E-state index in [2.05, 4.69) is 10.3 Å². The Bertz CT molecular complexity index is 463. The first-order valence-corrected chi connectivity index (χ1v) is 6.64. The molecule has 1 aromatic rings. The predicted octanol–water partition coefficient (Wildman–Crippen LogP) is 0.408. The number of anilines is 2. The van der Waals surface area contributed by atoms with Gasteiger partial charge in [-0.2, -0.15) is 0 Å². The van der Waals surface area contributed by atoms with Crippen LogP contribution in [-0.2, 0) is 10.0 Å². The summed E-state index contributed by atoms with van der Waals surface area (Å²) in [5.41, 5.74) is 6.09. The quantitative estimate of drug-likeness (QED) is 0.527. The van der Waals surface area contributed by atoms with E-state index in [-0.39, 0.29) is 5.75 Å². The number of rotatable bonds is 5. The number of hydrogen-bond donors (Lipinski definition) is 3. The summed E-state index contributed by atoms with van der Waals surface area (Å²) in [5, 5.41) is 8.06. The van der Waals surface area contributed by atoms with Crippen molar-refractivity contribution in [1.82, 2.24) is 4.98 Å². The molecule has 5 N–H and O–H groups in total. The fraction of sp³-hybridized carbons (Fsp3) is 0.375. The van der Waals surface area contributed by atoms with Crippen molar-refractivity contribution < 1.29 is 8.42 Å². The van der Waals surface area contributed by atoms with Crippen LogP contribution in [0.4, 0.5) is 11.5 Å². The van der Waals surface area contributed by atoms with E-state index in [1.165, 1.54) is 0 Å². The lowest BCUT2D eigenvalue weighted by atomic mass is 10.4. The highest BCUT2D eigenvalue weighted by Crippen LogP contribution is 2.17. The number of primary sulfonamides is 1. The third-order valence-electron chi connectivity index (χ3n) is 1.79. The minimum absolute atomic E-state index is 0.0829. The average Bonchev–Trinajstić information content (AvgIpc) is 2.16. The van der Waals surface area contributed by atoms with Gasteiger partial charge in [0.1, 0.15) is 5.15 Å². The summed E-state index contributed by atoms with van der Waals surface area (Å²) in [5.74, 6) is 0.363. The van der Waals surface area contributed by atoms with Crippen LogP contribution in [0.5, 0.6) is 0 Å². The van der Waals surface area contributed by atoms with Gasteiger partial charge >= 0.3 is 0 Å². The largest absolute Gasteiger partial charge is 0.396 e. The molecule has 8 heteroatoms. The van der Waals surface area contributed by atoms with Crippen molar-refractivity contribution in [3.8, 4) is 0 Å². The van der Waals surface area contributed by atoms with Crippen molar-refractivity contribution in [3.05, 3.63) is 17.3 Å². The van der Waals surface area contributed by atoms with Gasteiger partial charge in [-0.25, -0.2) is 18.5 Å². The molecule has 1 aromatic heterocycles. The first-order valence-electron chi connectivity index (χ1n) is 4.55. The molecule has 90 valence electrons. The zero-order chi connectivity index (χ0) is 12.2. The SMILES string of the molecule is Nc1ccc(Cl)nc1NCCCS(N)(=O)=O. The number of nitrogen functional groups attached to an aromatic ring is 1. The zero-order valence-electron chi connectivity index (χ0n) is 8.48. The van der Waals surface area contributed by atoms with Crippen LogP contribution < -0.4 is 16.2 Å². The number of aromatic nitrogens is 1. The molecular formula is C8H13ClN4O2S. The minimum atomic E-state index is -3.41. The number of nitrogens with zero attached hydrogens (tertiary/aromatic N) is 1. The van der Waals surface area contributed by atoms with Crippen LogP contribution in [0.15, 0.2) is 12.1 Å². The summed E-state index contributed by atoms with van der Waals surface area (Å²) in [7, 11) is -3.41. The van der Waals surface area contributed by atoms with E-state index in [9.17, 15) is 8.42 Å². The molecule has 0 unspecified atom stereocenters. The Kier molecular flexibility index (Phi) is 4.34. The maximum atomic E-state index is 10.7. The maximum Gasteiger partial charge on any atom is 0.209 e. The molecule has 0 fully saturated rings. The Balaban J connectivity index is 2.46. The summed E-state index contributed by atoms with van der Waals surface area (Å²) in [6, 6.07) is 3.20. The van der Waals surface area contributed by atoms with Gasteiger partial charge in [-0.15, -0.1) is 0 Å². The molecule has 0 amide bonds. The van der Waals surface area contributed by atoms with Crippen molar-refractivity contribution >= 4 is 33.1 Å². The fourth-order valence-corrected chi connectivity index (χ4v) is 1.76. The smallest absolute Gasteiger partial charge is 0.209 e. The molecular weight excluding hydrogens is 252 g/mol. The highest BCUT2D eigenvalue weighted by atomic mass is 35.5. The van der Waals surface area contributed by atoms with Crippen molar-refractivity contribution in [2.24, 2.45) is 5.14 Å². The lowest BCUT2D eigenvalue weighted by molar-refractivity contribution is 0.596. The van der Waals surface area contributed by atoms with Crippen molar-refractivity contribution in [2.45, 2.75) is 6.42 Å². The number of hydrogen-bond acceptors (Lipinski definition) is 5. The minimum Gasteiger partial charge on any atom is -0.396 e. The average molecular weight is 265 g/mol. The van der Waals surface area contributed by atoms with Crippen LogP contribution >= 0.6 is 11.6 Å². The van der Waals surface area contributed by atoms with Gasteiger partial charge in [0.15, 0.2) is 5.82 Å². The Morgan fingerprint density at radius 3 is 2.75 bits per heavy atom. The van der Waals surface area contributed by atoms with Gasteiger partial charge in [-0.05, 0) is 18.6 Å². The third-order valence-corrected chi connectivity index (χ3v) is 2.86. The summed E-state index contributed by atoms with van der Waals surface area (Å²) < 4.78 is 21.3. The van der Waals surface area contributed by atoms with Crippen molar-refractivity contribution in [1.29, 1.82) is 0 Å². The number of nitrogens with one attached hydrogen (secondary N) is 1. The van der Waals surface area contributed by atoms with Crippen LogP contribution in [0.3, 0.4) is 0 Å². The van der Waals surface area contributed by atoms with E-state index in [0.717, 1.165) is 0 Å². The molecule has 0 spiro atoms. The van der Waals surface area contributed by atoms with Crippen LogP contribution in [0.2, 0.25) is 5.15 Å². The lowest BCUT2D eigenvalue weighted by Crippen LogP contribution is -2.19. The Labute approximate surface area is 99.0 Å². The molecule has 0 aromatic carbocycles. The third kappa shape index (κ3) is 4.65. The Morgan fingerprint density at radius 1 is 1.44 bits per heavy atom. The fourth-order valence-electron chi connectivity index (χ4n) is 1.07. The first kappa shape index (κ1) is 13.0. The summed E-state index contributed by atoms with van der Waals surface area (Å²) in [4.78, 5) is 3.96. The Hall–Kier alpha value is -1.05. The summed E-state index contributed by atoms with van der Waals surface area (Å²) in [6.07, 6.45) is 0.381. The van der Waals surface area contributed by atoms with Gasteiger partial charge < -0.3 is 11.1 Å². The second-order valence-electron chi connectivity index (χ2n) is 3.22. The van der Waals surface area contributed by atoms with E-state index in [0.29, 0.717) is 29.6 Å². The van der Waals surface area contributed by atoms with E-state index >= 15 is 0 Å². The standard InChI is InChI=1S/C8H13ClN4O2S/c9-7-3-2-6(10)8(13-7)12-4-1-5-16(11,14)15/h2-3H,1,4-5,10H2,(H,12,13)(H2,11,14,15). The van der Waals surface area contributed by atoms with Gasteiger partial charge in [-0.1, -0.05) is 11.6 Å². The molecule has 0 radical (unpaired) electrons. The van der Waals surface area contributed by atoms with Crippen LogP contribution in [0, 0.1) is 0 Å². The number of halogens is 1. The molecule has 0 aliphatic heterocycles. The predicted molar refractivity (Wildman–Crippen MR) is 64.7 cm³/mol. The summed E-state index contributed by atoms with van der Waals surface area (Å²) in [6.45, 7) is 0.411. The van der Waals surface area contributed by atoms with Gasteiger partial charge in [0.05, 0.1) is 11.4 Å². The van der Waals surface area contributed by atoms with Crippen LogP contribution in [0.1, 0.15) is 6.42 Å². The van der Waals surface area contributed by atoms with Crippen molar-refractivity contribution in [2.75, 3.05) is 23.3 Å². The van der Waals surface area contributed by atoms with E-state index in [4.69, 9.17) is 22.5 Å². The molecule has 0 saturated carbocycles. The highest BCUT2D eigenvalue weighted by Gasteiger charge is 2.04.